The molecular formula is C39H48N2O8. The number of ketones is 1. The van der Waals surface area contributed by atoms with E-state index in [9.17, 15) is 14.4 Å². The highest BCUT2D eigenvalue weighted by molar-refractivity contribution is 6.43. The van der Waals surface area contributed by atoms with E-state index in [4.69, 9.17) is 23.7 Å². The number of Topliss-reactive ketones (excluding diaryl/α,β-unsaturated/α-hetero) is 1. The zero-order valence-corrected chi connectivity index (χ0v) is 29.2. The van der Waals surface area contributed by atoms with Crippen molar-refractivity contribution in [1.82, 2.24) is 9.80 Å². The van der Waals surface area contributed by atoms with Crippen molar-refractivity contribution in [2.45, 2.75) is 75.9 Å². The number of nitrogens with zero attached hydrogens (tertiary/aromatic N) is 2. The number of fused-ring (bicyclic) bond motifs is 2. The van der Waals surface area contributed by atoms with Gasteiger partial charge in [-0.25, -0.2) is 0 Å². The lowest BCUT2D eigenvalue weighted by Gasteiger charge is -2.51. The van der Waals surface area contributed by atoms with Crippen LogP contribution in [0.3, 0.4) is 0 Å². The Balaban J connectivity index is 1.33. The second kappa shape index (κ2) is 16.6. The molecule has 5 rings (SSSR count). The van der Waals surface area contributed by atoms with E-state index in [0.717, 1.165) is 56.9 Å². The minimum atomic E-state index is -0.702. The summed E-state index contributed by atoms with van der Waals surface area (Å²) >= 11 is 0. The maximum Gasteiger partial charge on any atom is 0.295 e. The van der Waals surface area contributed by atoms with E-state index in [-0.39, 0.29) is 35.1 Å². The van der Waals surface area contributed by atoms with E-state index in [1.807, 2.05) is 23.1 Å². The number of amides is 2. The molecule has 0 aromatic heterocycles. The highest BCUT2D eigenvalue weighted by Gasteiger charge is 2.48. The molecule has 10 heteroatoms. The molecule has 0 saturated carbocycles. The van der Waals surface area contributed by atoms with Crippen LogP contribution in [0.4, 0.5) is 0 Å². The minimum absolute atomic E-state index is 0.0162. The summed E-state index contributed by atoms with van der Waals surface area (Å²) in [6.07, 6.45) is 7.35. The second-order valence-electron chi connectivity index (χ2n) is 12.7. The monoisotopic (exact) mass is 672 g/mol. The van der Waals surface area contributed by atoms with Gasteiger partial charge in [-0.15, -0.1) is 0 Å². The van der Waals surface area contributed by atoms with Gasteiger partial charge in [0.2, 0.25) is 11.7 Å². The maximum absolute atomic E-state index is 14.3. The quantitative estimate of drug-likeness (QED) is 0.137. The molecule has 0 radical (unpaired) electrons. The van der Waals surface area contributed by atoms with Crippen LogP contribution in [0.5, 0.6) is 28.7 Å². The Kier molecular flexibility index (Phi) is 12.0. The lowest BCUT2D eigenvalue weighted by Crippen LogP contribution is -2.67. The van der Waals surface area contributed by atoms with Gasteiger partial charge in [0.25, 0.3) is 11.7 Å². The fraction of sp³-hybridized carbons (Fsp3) is 0.462. The molecular weight excluding hydrogens is 624 g/mol. The fourth-order valence-electron chi connectivity index (χ4n) is 7.32. The summed E-state index contributed by atoms with van der Waals surface area (Å²) in [5, 5.41) is 0. The Labute approximate surface area is 289 Å². The van der Waals surface area contributed by atoms with Crippen molar-refractivity contribution in [3.05, 3.63) is 77.4 Å². The second-order valence-corrected chi connectivity index (χ2v) is 12.7. The SMILES string of the molecule is COc1ccc(CCCC(CCCc2ccccc2)N2CC3CCCC(C2=O)N3C(=O)C(=O)c2cc(OC)c(OC)c(OC)c2)cc1OC. The molecule has 2 bridgehead atoms. The van der Waals surface area contributed by atoms with E-state index in [1.54, 1.807) is 19.1 Å². The van der Waals surface area contributed by atoms with E-state index in [2.05, 4.69) is 30.3 Å². The van der Waals surface area contributed by atoms with Crippen LogP contribution >= 0.6 is 0 Å². The number of piperidine rings is 1. The number of likely N-dealkylation sites (tertiary alicyclic amines) is 1. The topological polar surface area (TPSA) is 104 Å². The Morgan fingerprint density at radius 2 is 1.37 bits per heavy atom. The largest absolute Gasteiger partial charge is 0.493 e. The van der Waals surface area contributed by atoms with E-state index < -0.39 is 17.7 Å². The van der Waals surface area contributed by atoms with Crippen LogP contribution < -0.4 is 23.7 Å². The Morgan fingerprint density at radius 3 is 1.98 bits per heavy atom. The Bertz CT molecular complexity index is 1580. The summed E-state index contributed by atoms with van der Waals surface area (Å²) in [6, 6.07) is 18.4. The van der Waals surface area contributed by atoms with Crippen molar-refractivity contribution >= 4 is 17.6 Å². The summed E-state index contributed by atoms with van der Waals surface area (Å²) < 4.78 is 27.1. The number of methoxy groups -OCH3 is 5. The van der Waals surface area contributed by atoms with Crippen LogP contribution in [0.2, 0.25) is 0 Å². The summed E-state index contributed by atoms with van der Waals surface area (Å²) in [7, 11) is 7.65. The van der Waals surface area contributed by atoms with Crippen molar-refractivity contribution in [2.24, 2.45) is 0 Å². The van der Waals surface area contributed by atoms with Crippen molar-refractivity contribution in [3.8, 4) is 28.7 Å². The van der Waals surface area contributed by atoms with Crippen LogP contribution in [-0.2, 0) is 22.4 Å². The highest BCUT2D eigenvalue weighted by atomic mass is 16.5. The van der Waals surface area contributed by atoms with Crippen LogP contribution in [0, 0.1) is 0 Å². The average Bonchev–Trinajstić information content (AvgIpc) is 3.14. The summed E-state index contributed by atoms with van der Waals surface area (Å²) in [5.41, 5.74) is 2.54. The molecule has 49 heavy (non-hydrogen) atoms. The van der Waals surface area contributed by atoms with Crippen LogP contribution in [-0.4, -0.2) is 87.6 Å². The number of aryl methyl sites for hydroxylation is 2. The zero-order chi connectivity index (χ0) is 34.9. The highest BCUT2D eigenvalue weighted by Crippen LogP contribution is 2.39. The van der Waals surface area contributed by atoms with Gasteiger partial charge in [0.1, 0.15) is 6.04 Å². The Morgan fingerprint density at radius 1 is 0.735 bits per heavy atom. The van der Waals surface area contributed by atoms with Gasteiger partial charge < -0.3 is 33.5 Å². The number of hydrogen-bond acceptors (Lipinski definition) is 8. The first kappa shape index (κ1) is 35.6. The number of benzene rings is 3. The number of rotatable bonds is 16. The predicted octanol–water partition coefficient (Wildman–Crippen LogP) is 5.92. The number of carbonyl (C=O) groups excluding carboxylic acids is 3. The smallest absolute Gasteiger partial charge is 0.295 e. The van der Waals surface area contributed by atoms with Gasteiger partial charge in [-0.2, -0.15) is 0 Å². The van der Waals surface area contributed by atoms with Gasteiger partial charge in [0.15, 0.2) is 23.0 Å². The Hall–Kier alpha value is -4.73. The molecule has 3 atom stereocenters. The summed E-state index contributed by atoms with van der Waals surface area (Å²) in [5.74, 6) is 0.841. The van der Waals surface area contributed by atoms with Gasteiger partial charge in [-0.05, 0) is 93.2 Å². The molecule has 3 unspecified atom stereocenters. The van der Waals surface area contributed by atoms with Gasteiger partial charge in [0, 0.05) is 18.2 Å². The van der Waals surface area contributed by atoms with Gasteiger partial charge in [0.05, 0.1) is 41.6 Å². The van der Waals surface area contributed by atoms with Crippen molar-refractivity contribution < 1.29 is 38.1 Å². The lowest BCUT2D eigenvalue weighted by atomic mass is 9.87. The molecule has 2 saturated heterocycles. The first-order chi connectivity index (χ1) is 23.8. The van der Waals surface area contributed by atoms with Gasteiger partial charge in [-0.1, -0.05) is 36.4 Å². The van der Waals surface area contributed by atoms with Crippen molar-refractivity contribution in [2.75, 3.05) is 42.1 Å². The fourth-order valence-corrected chi connectivity index (χ4v) is 7.32. The number of piperazine rings is 1. The van der Waals surface area contributed by atoms with Crippen LogP contribution in [0.15, 0.2) is 60.7 Å². The van der Waals surface area contributed by atoms with Crippen molar-refractivity contribution in [3.63, 3.8) is 0 Å². The first-order valence-corrected chi connectivity index (χ1v) is 17.1. The number of ether oxygens (including phenoxy) is 5. The van der Waals surface area contributed by atoms with Gasteiger partial charge >= 0.3 is 0 Å². The molecule has 2 fully saturated rings. The molecule has 2 amide bonds. The third-order valence-electron chi connectivity index (χ3n) is 9.81. The predicted molar refractivity (Wildman–Crippen MR) is 186 cm³/mol. The zero-order valence-electron chi connectivity index (χ0n) is 29.2. The molecule has 2 aliphatic rings. The molecule has 10 nitrogen and oxygen atoms in total. The molecule has 0 N–H and O–H groups in total. The summed E-state index contributed by atoms with van der Waals surface area (Å²) in [6.45, 7) is 0.413. The molecule has 0 aliphatic carbocycles. The minimum Gasteiger partial charge on any atom is -0.493 e. The normalized spacial score (nSPS) is 17.7. The standard InChI is InChI=1S/C39H48N2O8/c1-45-32-21-20-27(22-33(32)46-2)15-10-17-29(16-9-14-26-12-7-6-8-13-26)40-25-30-18-11-19-31(38(40)43)41(30)39(44)36(42)28-23-34(47-3)37(49-5)35(24-28)48-4/h6-8,12-13,20-24,29-31H,9-11,14-19,25H2,1-5H3. The molecule has 0 spiro atoms. The average molecular weight is 673 g/mol. The molecule has 2 heterocycles. The van der Waals surface area contributed by atoms with Crippen LogP contribution in [0.1, 0.15) is 66.4 Å². The maximum atomic E-state index is 14.3. The molecule has 262 valence electrons. The number of hydrogen-bond donors (Lipinski definition) is 0. The number of carbonyl (C=O) groups is 3. The van der Waals surface area contributed by atoms with E-state index in [1.165, 1.54) is 39.0 Å². The van der Waals surface area contributed by atoms with Gasteiger partial charge in [-0.3, -0.25) is 14.4 Å². The van der Waals surface area contributed by atoms with Crippen molar-refractivity contribution in [1.29, 1.82) is 0 Å². The third kappa shape index (κ3) is 7.95. The van der Waals surface area contributed by atoms with E-state index >= 15 is 0 Å². The van der Waals surface area contributed by atoms with E-state index in [0.29, 0.717) is 30.2 Å². The first-order valence-electron chi connectivity index (χ1n) is 17.1. The molecule has 3 aromatic carbocycles. The molecule has 3 aromatic rings. The summed E-state index contributed by atoms with van der Waals surface area (Å²) in [4.78, 5) is 45.5. The third-order valence-corrected chi connectivity index (χ3v) is 9.81. The lowest BCUT2D eigenvalue weighted by molar-refractivity contribution is -0.159. The van der Waals surface area contributed by atoms with Crippen LogP contribution in [0.25, 0.3) is 0 Å². The molecule has 2 aliphatic heterocycles.